The number of rotatable bonds is 2. The number of nitrogens with zero attached hydrogens (tertiary/aromatic N) is 1. The number of hydrogen-bond donors (Lipinski definition) is 0. The molecule has 0 bridgehead atoms. The summed E-state index contributed by atoms with van der Waals surface area (Å²) in [5, 5.41) is 0. The molecule has 0 fully saturated rings. The van der Waals surface area contributed by atoms with E-state index in [1.54, 1.807) is 12.1 Å². The van der Waals surface area contributed by atoms with Gasteiger partial charge in [0.05, 0.1) is 5.69 Å². The van der Waals surface area contributed by atoms with Gasteiger partial charge < -0.3 is 4.42 Å². The molecule has 0 spiro atoms. The van der Waals surface area contributed by atoms with Crippen LogP contribution in [-0.2, 0) is 0 Å². The molecule has 2 aromatic rings. The van der Waals surface area contributed by atoms with Gasteiger partial charge in [-0.25, -0.2) is 4.98 Å². The lowest BCUT2D eigenvalue weighted by Crippen LogP contribution is -1.81. The Morgan fingerprint density at radius 1 is 1.29 bits per heavy atom. The van der Waals surface area contributed by atoms with Crippen molar-refractivity contribution in [2.45, 2.75) is 6.92 Å². The second kappa shape index (κ2) is 3.46. The highest BCUT2D eigenvalue weighted by Gasteiger charge is 2.05. The molecule has 0 aliphatic rings. The summed E-state index contributed by atoms with van der Waals surface area (Å²) in [6.07, 6.45) is 2.23. The Morgan fingerprint density at radius 2 is 2.00 bits per heavy atom. The van der Waals surface area contributed by atoms with Crippen molar-refractivity contribution >= 4 is 6.29 Å². The molecule has 0 aliphatic carbocycles. The third-order valence-corrected chi connectivity index (χ3v) is 2.05. The summed E-state index contributed by atoms with van der Waals surface area (Å²) in [6.45, 7) is 1.88. The molecule has 3 heteroatoms. The van der Waals surface area contributed by atoms with Crippen molar-refractivity contribution in [2.24, 2.45) is 0 Å². The van der Waals surface area contributed by atoms with Crippen LogP contribution < -0.4 is 0 Å². The van der Waals surface area contributed by atoms with Gasteiger partial charge in [0.15, 0.2) is 12.2 Å². The van der Waals surface area contributed by atoms with Gasteiger partial charge in [-0.05, 0) is 6.92 Å². The van der Waals surface area contributed by atoms with Crippen LogP contribution in [0.15, 0.2) is 35.1 Å². The second-order valence-electron chi connectivity index (χ2n) is 3.01. The number of aromatic nitrogens is 1. The summed E-state index contributed by atoms with van der Waals surface area (Å²) in [5.41, 5.74) is 2.44. The van der Waals surface area contributed by atoms with E-state index < -0.39 is 0 Å². The lowest BCUT2D eigenvalue weighted by molar-refractivity contribution is 0.112. The predicted molar refractivity (Wildman–Crippen MR) is 52.1 cm³/mol. The van der Waals surface area contributed by atoms with Crippen LogP contribution >= 0.6 is 0 Å². The predicted octanol–water partition coefficient (Wildman–Crippen LogP) is 2.46. The summed E-state index contributed by atoms with van der Waals surface area (Å²) < 4.78 is 5.22. The molecule has 0 N–H and O–H groups in total. The molecule has 1 aromatic carbocycles. The highest BCUT2D eigenvalue weighted by atomic mass is 16.3. The summed E-state index contributed by atoms with van der Waals surface area (Å²) in [5.74, 6) is 0.752. The van der Waals surface area contributed by atoms with Gasteiger partial charge in [0.2, 0.25) is 0 Å². The van der Waals surface area contributed by atoms with Crippen molar-refractivity contribution in [3.63, 3.8) is 0 Å². The van der Waals surface area contributed by atoms with Crippen molar-refractivity contribution in [3.05, 3.63) is 41.9 Å². The highest BCUT2D eigenvalue weighted by molar-refractivity contribution is 5.76. The lowest BCUT2D eigenvalue weighted by atomic mass is 10.1. The zero-order chi connectivity index (χ0) is 9.97. The Morgan fingerprint density at radius 3 is 2.50 bits per heavy atom. The average Bonchev–Trinajstić information content (AvgIpc) is 2.65. The lowest BCUT2D eigenvalue weighted by Gasteiger charge is -1.97. The van der Waals surface area contributed by atoms with Gasteiger partial charge in [-0.2, -0.15) is 0 Å². The van der Waals surface area contributed by atoms with Gasteiger partial charge in [0.25, 0.3) is 0 Å². The zero-order valence-corrected chi connectivity index (χ0v) is 7.73. The number of benzene rings is 1. The standard InChI is InChI=1S/C11H9NO2/c1-8-11(14-7-12-8)10-4-2-9(6-13)3-5-10/h2-7H,1H3. The van der Waals surface area contributed by atoms with Gasteiger partial charge in [-0.15, -0.1) is 0 Å². The van der Waals surface area contributed by atoms with E-state index in [2.05, 4.69) is 4.98 Å². The smallest absolute Gasteiger partial charge is 0.181 e. The minimum Gasteiger partial charge on any atom is -0.443 e. The molecular weight excluding hydrogens is 178 g/mol. The maximum Gasteiger partial charge on any atom is 0.181 e. The van der Waals surface area contributed by atoms with Crippen molar-refractivity contribution in [3.8, 4) is 11.3 Å². The molecule has 2 rings (SSSR count). The van der Waals surface area contributed by atoms with Crippen LogP contribution in [0, 0.1) is 6.92 Å². The van der Waals surface area contributed by atoms with Crippen molar-refractivity contribution in [1.29, 1.82) is 0 Å². The highest BCUT2D eigenvalue weighted by Crippen LogP contribution is 2.22. The van der Waals surface area contributed by atoms with Gasteiger partial charge in [-0.1, -0.05) is 24.3 Å². The Hall–Kier alpha value is -1.90. The molecule has 0 unspecified atom stereocenters. The van der Waals surface area contributed by atoms with Gasteiger partial charge in [0, 0.05) is 11.1 Å². The average molecular weight is 187 g/mol. The Bertz CT molecular complexity index is 443. The van der Waals surface area contributed by atoms with Crippen LogP contribution in [0.25, 0.3) is 11.3 Å². The molecule has 14 heavy (non-hydrogen) atoms. The number of carbonyl (C=O) groups is 1. The Balaban J connectivity index is 2.43. The molecule has 1 heterocycles. The molecule has 70 valence electrons. The number of carbonyl (C=O) groups excluding carboxylic acids is 1. The van der Waals surface area contributed by atoms with Crippen LogP contribution in [0.2, 0.25) is 0 Å². The number of hydrogen-bond acceptors (Lipinski definition) is 3. The summed E-state index contributed by atoms with van der Waals surface area (Å²) in [6, 6.07) is 7.20. The fraction of sp³-hybridized carbons (Fsp3) is 0.0909. The fourth-order valence-corrected chi connectivity index (χ4v) is 1.29. The van der Waals surface area contributed by atoms with Crippen molar-refractivity contribution in [2.75, 3.05) is 0 Å². The van der Waals surface area contributed by atoms with E-state index in [1.165, 1.54) is 6.39 Å². The zero-order valence-electron chi connectivity index (χ0n) is 7.73. The quantitative estimate of drug-likeness (QED) is 0.678. The summed E-state index contributed by atoms with van der Waals surface area (Å²) in [7, 11) is 0. The largest absolute Gasteiger partial charge is 0.443 e. The first-order valence-electron chi connectivity index (χ1n) is 4.27. The van der Waals surface area contributed by atoms with E-state index in [0.29, 0.717) is 5.56 Å². The van der Waals surface area contributed by atoms with Crippen LogP contribution in [-0.4, -0.2) is 11.3 Å². The maximum atomic E-state index is 10.4. The normalized spacial score (nSPS) is 10.1. The third-order valence-electron chi connectivity index (χ3n) is 2.05. The molecule has 0 radical (unpaired) electrons. The summed E-state index contributed by atoms with van der Waals surface area (Å²) >= 11 is 0. The topological polar surface area (TPSA) is 43.1 Å². The van der Waals surface area contributed by atoms with Gasteiger partial charge >= 0.3 is 0 Å². The molecular formula is C11H9NO2. The van der Waals surface area contributed by atoms with Crippen LogP contribution in [0.5, 0.6) is 0 Å². The minimum absolute atomic E-state index is 0.658. The van der Waals surface area contributed by atoms with E-state index >= 15 is 0 Å². The first kappa shape index (κ1) is 8.69. The number of oxazole rings is 1. The Kier molecular flexibility index (Phi) is 2.14. The maximum absolute atomic E-state index is 10.4. The van der Waals surface area contributed by atoms with Crippen LogP contribution in [0.3, 0.4) is 0 Å². The molecule has 0 atom stereocenters. The monoisotopic (exact) mass is 187 g/mol. The van der Waals surface area contributed by atoms with Gasteiger partial charge in [-0.3, -0.25) is 4.79 Å². The van der Waals surface area contributed by atoms with Crippen molar-refractivity contribution < 1.29 is 9.21 Å². The van der Waals surface area contributed by atoms with Crippen molar-refractivity contribution in [1.82, 2.24) is 4.98 Å². The number of aryl methyl sites for hydroxylation is 1. The third kappa shape index (κ3) is 1.44. The first-order chi connectivity index (χ1) is 6.81. The molecule has 0 aliphatic heterocycles. The second-order valence-corrected chi connectivity index (χ2v) is 3.01. The SMILES string of the molecule is Cc1ncoc1-c1ccc(C=O)cc1. The van der Waals surface area contributed by atoms with E-state index in [1.807, 2.05) is 19.1 Å². The molecule has 0 saturated heterocycles. The van der Waals surface area contributed by atoms with Crippen LogP contribution in [0.4, 0.5) is 0 Å². The minimum atomic E-state index is 0.658. The molecule has 1 aromatic heterocycles. The van der Waals surface area contributed by atoms with Crippen LogP contribution in [0.1, 0.15) is 16.1 Å². The van der Waals surface area contributed by atoms with Gasteiger partial charge in [0.1, 0.15) is 6.29 Å². The van der Waals surface area contributed by atoms with E-state index in [9.17, 15) is 4.79 Å². The molecule has 0 saturated carbocycles. The number of aldehydes is 1. The first-order valence-corrected chi connectivity index (χ1v) is 4.27. The molecule has 3 nitrogen and oxygen atoms in total. The van der Waals surface area contributed by atoms with E-state index in [4.69, 9.17) is 4.42 Å². The van der Waals surface area contributed by atoms with E-state index in [-0.39, 0.29) is 0 Å². The molecule has 0 amide bonds. The summed E-state index contributed by atoms with van der Waals surface area (Å²) in [4.78, 5) is 14.4. The van der Waals surface area contributed by atoms with E-state index in [0.717, 1.165) is 23.3 Å². The fourth-order valence-electron chi connectivity index (χ4n) is 1.29. The Labute approximate surface area is 81.4 Å².